The first kappa shape index (κ1) is 17.4. The van der Waals surface area contributed by atoms with Gasteiger partial charge >= 0.3 is 0 Å². The Morgan fingerprint density at radius 1 is 1.32 bits per heavy atom. The Balaban J connectivity index is 2.06. The zero-order chi connectivity index (χ0) is 15.8. The van der Waals surface area contributed by atoms with E-state index in [-0.39, 0.29) is 24.1 Å². The van der Waals surface area contributed by atoms with E-state index in [9.17, 15) is 9.90 Å². The lowest BCUT2D eigenvalue weighted by molar-refractivity contribution is -0.122. The number of rotatable bonds is 2. The van der Waals surface area contributed by atoms with Crippen molar-refractivity contribution in [2.75, 3.05) is 26.2 Å². The predicted molar refractivity (Wildman–Crippen MR) is 88.7 cm³/mol. The Kier molecular flexibility index (Phi) is 7.36. The van der Waals surface area contributed by atoms with Crippen LogP contribution in [0.4, 0.5) is 0 Å². The van der Waals surface area contributed by atoms with Crippen molar-refractivity contribution >= 4 is 5.91 Å². The van der Waals surface area contributed by atoms with Gasteiger partial charge in [-0.25, -0.2) is 0 Å². The monoisotopic (exact) mass is 309 g/mol. The molecule has 126 valence electrons. The fourth-order valence-corrected chi connectivity index (χ4v) is 3.39. The zero-order valence-corrected chi connectivity index (χ0v) is 13.8. The molecule has 3 N–H and O–H groups in total. The van der Waals surface area contributed by atoms with Crippen molar-refractivity contribution in [1.82, 2.24) is 15.5 Å². The summed E-state index contributed by atoms with van der Waals surface area (Å²) in [7, 11) is 0. The molecule has 0 aliphatic carbocycles. The molecule has 0 radical (unpaired) electrons. The summed E-state index contributed by atoms with van der Waals surface area (Å²) in [5, 5.41) is 16.8. The average molecular weight is 309 g/mol. The third kappa shape index (κ3) is 5.07. The summed E-state index contributed by atoms with van der Waals surface area (Å²) in [5.41, 5.74) is 0. The molecule has 22 heavy (non-hydrogen) atoms. The molecule has 5 heteroatoms. The minimum Gasteiger partial charge on any atom is -0.391 e. The third-order valence-electron chi connectivity index (χ3n) is 4.70. The molecule has 5 nitrogen and oxygen atoms in total. The molecular weight excluding hydrogens is 278 g/mol. The van der Waals surface area contributed by atoms with Crippen LogP contribution in [0, 0.1) is 0 Å². The fourth-order valence-electron chi connectivity index (χ4n) is 3.39. The maximum atomic E-state index is 12.1. The molecule has 0 saturated carbocycles. The van der Waals surface area contributed by atoms with Crippen molar-refractivity contribution in [2.24, 2.45) is 0 Å². The van der Waals surface area contributed by atoms with Crippen LogP contribution in [0.2, 0.25) is 0 Å². The summed E-state index contributed by atoms with van der Waals surface area (Å²) in [6, 6.07) is 0.249. The Morgan fingerprint density at radius 2 is 2.09 bits per heavy atom. The molecule has 0 bridgehead atoms. The van der Waals surface area contributed by atoms with Gasteiger partial charge in [0.25, 0.3) is 0 Å². The van der Waals surface area contributed by atoms with Crippen molar-refractivity contribution in [1.29, 1.82) is 0 Å². The number of fused-ring (bicyclic) bond motifs is 1. The van der Waals surface area contributed by atoms with E-state index < -0.39 is 0 Å². The van der Waals surface area contributed by atoms with Gasteiger partial charge in [-0.3, -0.25) is 9.69 Å². The van der Waals surface area contributed by atoms with Crippen molar-refractivity contribution in [3.63, 3.8) is 0 Å². The summed E-state index contributed by atoms with van der Waals surface area (Å²) in [6.07, 6.45) is 9.25. The lowest BCUT2D eigenvalue weighted by atomic mass is 9.95. The second-order valence-corrected chi connectivity index (χ2v) is 6.39. The van der Waals surface area contributed by atoms with Gasteiger partial charge in [-0.05, 0) is 45.2 Å². The highest BCUT2D eigenvalue weighted by Crippen LogP contribution is 2.23. The molecule has 2 aliphatic heterocycles. The molecule has 1 saturated heterocycles. The van der Waals surface area contributed by atoms with E-state index in [0.717, 1.165) is 58.3 Å². The number of aliphatic hydroxyl groups is 1. The van der Waals surface area contributed by atoms with Gasteiger partial charge in [-0.15, -0.1) is 0 Å². The Hall–Kier alpha value is -0.910. The lowest BCUT2D eigenvalue weighted by Crippen LogP contribution is -2.51. The molecule has 0 spiro atoms. The SMILES string of the molecule is CC[C@H](O)[C@@H]1C=CC[C@@H]2CC(=O)NCCCCNCCCN21. The normalized spacial score (nSPS) is 30.4. The molecule has 3 atom stereocenters. The van der Waals surface area contributed by atoms with Crippen molar-refractivity contribution in [3.05, 3.63) is 12.2 Å². The largest absolute Gasteiger partial charge is 0.391 e. The van der Waals surface area contributed by atoms with Gasteiger partial charge in [0.1, 0.15) is 0 Å². The number of carbonyl (C=O) groups is 1. The molecule has 0 aromatic heterocycles. The highest BCUT2D eigenvalue weighted by molar-refractivity contribution is 5.76. The maximum Gasteiger partial charge on any atom is 0.221 e. The van der Waals surface area contributed by atoms with Crippen LogP contribution in [0.1, 0.15) is 45.4 Å². The summed E-state index contributed by atoms with van der Waals surface area (Å²) < 4.78 is 0. The number of hydrogen-bond acceptors (Lipinski definition) is 4. The second-order valence-electron chi connectivity index (χ2n) is 6.39. The van der Waals surface area contributed by atoms with Gasteiger partial charge in [0.05, 0.1) is 12.1 Å². The maximum absolute atomic E-state index is 12.1. The molecule has 2 aliphatic rings. The molecule has 0 unspecified atom stereocenters. The van der Waals surface area contributed by atoms with Crippen molar-refractivity contribution < 1.29 is 9.90 Å². The molecule has 1 amide bonds. The van der Waals surface area contributed by atoms with E-state index in [4.69, 9.17) is 0 Å². The minimum atomic E-state index is -0.356. The van der Waals surface area contributed by atoms with Crippen molar-refractivity contribution in [2.45, 2.75) is 63.6 Å². The number of nitrogens with one attached hydrogen (secondary N) is 2. The predicted octanol–water partition coefficient (Wildman–Crippen LogP) is 1.04. The number of carbonyl (C=O) groups excluding carboxylic acids is 1. The molecule has 2 rings (SSSR count). The molecule has 1 fully saturated rings. The van der Waals surface area contributed by atoms with E-state index in [2.05, 4.69) is 27.7 Å². The Bertz CT molecular complexity index is 373. The van der Waals surface area contributed by atoms with Gasteiger partial charge in [-0.2, -0.15) is 0 Å². The molecule has 0 aromatic rings. The van der Waals surface area contributed by atoms with E-state index in [1.807, 2.05) is 6.92 Å². The highest BCUT2D eigenvalue weighted by Gasteiger charge is 2.32. The van der Waals surface area contributed by atoms with Gasteiger partial charge < -0.3 is 15.7 Å². The van der Waals surface area contributed by atoms with Crippen LogP contribution in [-0.4, -0.2) is 60.3 Å². The van der Waals surface area contributed by atoms with E-state index >= 15 is 0 Å². The van der Waals surface area contributed by atoms with Crippen LogP contribution in [-0.2, 0) is 4.79 Å². The van der Waals surface area contributed by atoms with Crippen LogP contribution < -0.4 is 10.6 Å². The fraction of sp³-hybridized carbons (Fsp3) is 0.824. The smallest absolute Gasteiger partial charge is 0.221 e. The van der Waals surface area contributed by atoms with Crippen LogP contribution in [0.25, 0.3) is 0 Å². The summed E-state index contributed by atoms with van der Waals surface area (Å²) in [5.74, 6) is 0.141. The number of amides is 1. The van der Waals surface area contributed by atoms with Crippen LogP contribution in [0.5, 0.6) is 0 Å². The molecule has 2 heterocycles. The summed E-state index contributed by atoms with van der Waals surface area (Å²) >= 11 is 0. The minimum absolute atomic E-state index is 0.0432. The number of nitrogens with zero attached hydrogens (tertiary/aromatic N) is 1. The van der Waals surface area contributed by atoms with Gasteiger partial charge in [0.15, 0.2) is 0 Å². The topological polar surface area (TPSA) is 64.6 Å². The first-order chi connectivity index (χ1) is 10.7. The first-order valence-corrected chi connectivity index (χ1v) is 8.80. The third-order valence-corrected chi connectivity index (χ3v) is 4.70. The highest BCUT2D eigenvalue weighted by atomic mass is 16.3. The summed E-state index contributed by atoms with van der Waals surface area (Å²) in [4.78, 5) is 14.5. The zero-order valence-electron chi connectivity index (χ0n) is 13.8. The molecular formula is C17H31N3O2. The van der Waals surface area contributed by atoms with Gasteiger partial charge in [-0.1, -0.05) is 19.1 Å². The molecule has 0 aromatic carbocycles. The van der Waals surface area contributed by atoms with E-state index in [1.54, 1.807) is 0 Å². The summed E-state index contributed by atoms with van der Waals surface area (Å²) in [6.45, 7) is 5.72. The van der Waals surface area contributed by atoms with E-state index in [0.29, 0.717) is 6.42 Å². The quantitative estimate of drug-likeness (QED) is 0.667. The number of hydrogen-bond donors (Lipinski definition) is 3. The lowest BCUT2D eigenvalue weighted by Gasteiger charge is -2.41. The van der Waals surface area contributed by atoms with Crippen LogP contribution >= 0.6 is 0 Å². The Labute approximate surface area is 134 Å². The van der Waals surface area contributed by atoms with Gasteiger partial charge in [0.2, 0.25) is 5.91 Å². The average Bonchev–Trinajstić information content (AvgIpc) is 2.54. The van der Waals surface area contributed by atoms with E-state index in [1.165, 1.54) is 0 Å². The van der Waals surface area contributed by atoms with Crippen LogP contribution in [0.3, 0.4) is 0 Å². The van der Waals surface area contributed by atoms with Crippen molar-refractivity contribution in [3.8, 4) is 0 Å². The number of aliphatic hydroxyl groups excluding tert-OH is 1. The Morgan fingerprint density at radius 3 is 2.91 bits per heavy atom. The standard InChI is InChI=1S/C17H31N3O2/c1-2-16(21)15-8-5-7-14-13-17(22)19-11-4-3-9-18-10-6-12-20(14)15/h5,8,14-16,18,21H,2-4,6-7,9-13H2,1H3,(H,19,22)/t14-,15+,16+/m1/s1. The first-order valence-electron chi connectivity index (χ1n) is 8.80. The second kappa shape index (κ2) is 9.28. The van der Waals surface area contributed by atoms with Gasteiger partial charge in [0, 0.05) is 25.6 Å². The van der Waals surface area contributed by atoms with Crippen LogP contribution in [0.15, 0.2) is 12.2 Å².